The van der Waals surface area contributed by atoms with E-state index in [1.54, 1.807) is 6.33 Å². The molecule has 158 valence electrons. The van der Waals surface area contributed by atoms with Gasteiger partial charge in [0.2, 0.25) is 0 Å². The van der Waals surface area contributed by atoms with Crippen molar-refractivity contribution in [3.05, 3.63) is 78.4 Å². The number of aromatic amines is 1. The lowest BCUT2D eigenvalue weighted by Gasteiger charge is -2.19. The zero-order chi connectivity index (χ0) is 21.6. The molecule has 0 unspecified atom stereocenters. The smallest absolute Gasteiger partial charge is 0.143 e. The minimum absolute atomic E-state index is 0.311. The molecule has 0 aliphatic carbocycles. The van der Waals surface area contributed by atoms with Crippen LogP contribution in [0.25, 0.3) is 11.0 Å². The van der Waals surface area contributed by atoms with Crippen LogP contribution in [-0.4, -0.2) is 64.5 Å². The van der Waals surface area contributed by atoms with Crippen LogP contribution in [0.4, 0.5) is 5.82 Å². The Labute approximate surface area is 183 Å². The zero-order valence-corrected chi connectivity index (χ0v) is 18.1. The summed E-state index contributed by atoms with van der Waals surface area (Å²) in [6.07, 6.45) is 6.88. The third kappa shape index (κ3) is 5.33. The van der Waals surface area contributed by atoms with E-state index in [1.807, 2.05) is 36.4 Å². The molecule has 0 radical (unpaired) electrons. The maximum Gasteiger partial charge on any atom is 0.143 e. The molecular weight excluding hydrogens is 384 g/mol. The third-order valence-electron chi connectivity index (χ3n) is 5.26. The zero-order valence-electron chi connectivity index (χ0n) is 18.1. The second-order valence-corrected chi connectivity index (χ2v) is 8.02. The summed E-state index contributed by atoms with van der Waals surface area (Å²) in [6.45, 7) is 7.02. The van der Waals surface area contributed by atoms with Crippen LogP contribution in [0.3, 0.4) is 0 Å². The Bertz CT molecular complexity index is 1130. The highest BCUT2D eigenvalue weighted by atomic mass is 15.2. The van der Waals surface area contributed by atoms with Crippen molar-refractivity contribution in [1.29, 1.82) is 0 Å². The summed E-state index contributed by atoms with van der Waals surface area (Å²) >= 11 is 0. The molecule has 0 saturated carbocycles. The molecule has 1 aliphatic rings. The standard InChI is InChI=1S/C25H28N6/c1-19(8-7-14-30(2)3)31-15-13-22(17-31)29-25-23-16-21(28-24(23)26-18-27-25)12-11-20-9-5-4-6-10-20/h4-10,16,18,22H,1,13-15,17H2,2-3H3,(H2,26,27,28,29)/b8-7+/t22-/m1/s1. The number of likely N-dealkylation sites (N-methyl/N-ethyl adjacent to an activating group) is 1. The van der Waals surface area contributed by atoms with Crippen molar-refractivity contribution in [2.24, 2.45) is 0 Å². The average molecular weight is 413 g/mol. The van der Waals surface area contributed by atoms with E-state index in [1.165, 1.54) is 0 Å². The maximum atomic E-state index is 4.49. The van der Waals surface area contributed by atoms with E-state index in [9.17, 15) is 0 Å². The molecule has 0 amide bonds. The van der Waals surface area contributed by atoms with Crippen molar-refractivity contribution < 1.29 is 0 Å². The van der Waals surface area contributed by atoms with Gasteiger partial charge >= 0.3 is 0 Å². The molecule has 1 saturated heterocycles. The van der Waals surface area contributed by atoms with Crippen molar-refractivity contribution in [3.8, 4) is 11.8 Å². The van der Waals surface area contributed by atoms with Gasteiger partial charge in [0, 0.05) is 36.9 Å². The monoisotopic (exact) mass is 412 g/mol. The van der Waals surface area contributed by atoms with Gasteiger partial charge in [-0.15, -0.1) is 0 Å². The molecule has 4 rings (SSSR count). The van der Waals surface area contributed by atoms with E-state index in [-0.39, 0.29) is 0 Å². The van der Waals surface area contributed by atoms with Crippen LogP contribution in [-0.2, 0) is 0 Å². The SMILES string of the molecule is C=C(/C=C/CN(C)C)N1CC[C@@H](Nc2ncnc3[nH]c(C#Cc4ccccc4)cc23)C1. The predicted molar refractivity (Wildman–Crippen MR) is 127 cm³/mol. The molecule has 1 aliphatic heterocycles. The van der Waals surface area contributed by atoms with Gasteiger partial charge in [0.1, 0.15) is 17.8 Å². The molecule has 6 heteroatoms. The summed E-state index contributed by atoms with van der Waals surface area (Å²) in [5, 5.41) is 4.56. The highest BCUT2D eigenvalue weighted by Gasteiger charge is 2.23. The van der Waals surface area contributed by atoms with E-state index in [4.69, 9.17) is 0 Å². The van der Waals surface area contributed by atoms with Gasteiger partial charge in [0.25, 0.3) is 0 Å². The molecule has 3 heterocycles. The number of likely N-dealkylation sites (tertiary alicyclic amines) is 1. The van der Waals surface area contributed by atoms with Crippen molar-refractivity contribution in [1.82, 2.24) is 24.8 Å². The summed E-state index contributed by atoms with van der Waals surface area (Å²) in [6, 6.07) is 12.3. The number of anilines is 1. The minimum atomic E-state index is 0.311. The summed E-state index contributed by atoms with van der Waals surface area (Å²) in [4.78, 5) is 16.6. The lowest BCUT2D eigenvalue weighted by molar-refractivity contribution is 0.434. The van der Waals surface area contributed by atoms with Gasteiger partial charge < -0.3 is 20.1 Å². The van der Waals surface area contributed by atoms with E-state index in [0.29, 0.717) is 6.04 Å². The molecule has 1 aromatic carbocycles. The van der Waals surface area contributed by atoms with E-state index in [2.05, 4.69) is 74.7 Å². The number of hydrogen-bond acceptors (Lipinski definition) is 5. The Kier molecular flexibility index (Phi) is 6.34. The van der Waals surface area contributed by atoms with E-state index >= 15 is 0 Å². The van der Waals surface area contributed by atoms with Gasteiger partial charge in [-0.1, -0.05) is 36.8 Å². The number of benzene rings is 1. The van der Waals surface area contributed by atoms with Crippen LogP contribution in [0, 0.1) is 11.8 Å². The molecule has 1 fully saturated rings. The third-order valence-corrected chi connectivity index (χ3v) is 5.26. The molecular formula is C25H28N6. The lowest BCUT2D eigenvalue weighted by atomic mass is 10.2. The van der Waals surface area contributed by atoms with Crippen LogP contribution in [0.1, 0.15) is 17.7 Å². The second kappa shape index (κ2) is 9.50. The first-order chi connectivity index (χ1) is 15.1. The lowest BCUT2D eigenvalue weighted by Crippen LogP contribution is -2.25. The van der Waals surface area contributed by atoms with Gasteiger partial charge in [0.05, 0.1) is 11.1 Å². The number of rotatable bonds is 6. The Morgan fingerprint density at radius 3 is 2.94 bits per heavy atom. The van der Waals surface area contributed by atoms with Crippen LogP contribution in [0.15, 0.2) is 67.2 Å². The van der Waals surface area contributed by atoms with Crippen molar-refractivity contribution in [2.75, 3.05) is 39.0 Å². The summed E-state index contributed by atoms with van der Waals surface area (Å²) in [5.41, 5.74) is 3.66. The summed E-state index contributed by atoms with van der Waals surface area (Å²) in [7, 11) is 4.12. The molecule has 0 bridgehead atoms. The summed E-state index contributed by atoms with van der Waals surface area (Å²) in [5.74, 6) is 7.21. The first-order valence-corrected chi connectivity index (χ1v) is 10.5. The molecule has 0 spiro atoms. The average Bonchev–Trinajstić information content (AvgIpc) is 3.40. The van der Waals surface area contributed by atoms with Crippen molar-refractivity contribution in [3.63, 3.8) is 0 Å². The molecule has 3 aromatic rings. The number of fused-ring (bicyclic) bond motifs is 1. The molecule has 2 N–H and O–H groups in total. The van der Waals surface area contributed by atoms with E-state index < -0.39 is 0 Å². The quantitative estimate of drug-likeness (QED) is 0.480. The van der Waals surface area contributed by atoms with Gasteiger partial charge in [-0.2, -0.15) is 0 Å². The first-order valence-electron chi connectivity index (χ1n) is 10.5. The molecule has 6 nitrogen and oxygen atoms in total. The number of nitrogens with one attached hydrogen (secondary N) is 2. The molecule has 1 atom stereocenters. The first kappa shape index (κ1) is 20.7. The van der Waals surface area contributed by atoms with Crippen LogP contribution < -0.4 is 5.32 Å². The fourth-order valence-electron chi connectivity index (χ4n) is 3.62. The highest BCUT2D eigenvalue weighted by molar-refractivity contribution is 5.88. The van der Waals surface area contributed by atoms with Crippen molar-refractivity contribution >= 4 is 16.9 Å². The van der Waals surface area contributed by atoms with E-state index in [0.717, 1.165) is 59.9 Å². The number of allylic oxidation sites excluding steroid dienone is 1. The Morgan fingerprint density at radius 2 is 2.13 bits per heavy atom. The predicted octanol–water partition coefficient (Wildman–Crippen LogP) is 3.48. The second-order valence-electron chi connectivity index (χ2n) is 8.02. The van der Waals surface area contributed by atoms with Crippen LogP contribution >= 0.6 is 0 Å². The van der Waals surface area contributed by atoms with Gasteiger partial charge in [0.15, 0.2) is 0 Å². The van der Waals surface area contributed by atoms with Gasteiger partial charge in [-0.05, 0) is 50.7 Å². The van der Waals surface area contributed by atoms with Gasteiger partial charge in [-0.25, -0.2) is 9.97 Å². The number of nitrogens with zero attached hydrogens (tertiary/aromatic N) is 4. The topological polar surface area (TPSA) is 60.1 Å². The fraction of sp³-hybridized carbons (Fsp3) is 0.280. The fourth-order valence-corrected chi connectivity index (χ4v) is 3.62. The normalized spacial score (nSPS) is 16.1. The minimum Gasteiger partial charge on any atom is -0.370 e. The molecule has 31 heavy (non-hydrogen) atoms. The Morgan fingerprint density at radius 1 is 1.29 bits per heavy atom. The highest BCUT2D eigenvalue weighted by Crippen LogP contribution is 2.24. The summed E-state index contributed by atoms with van der Waals surface area (Å²) < 4.78 is 0. The van der Waals surface area contributed by atoms with Gasteiger partial charge in [-0.3, -0.25) is 0 Å². The Balaban J connectivity index is 1.43. The number of H-pyrrole nitrogens is 1. The van der Waals surface area contributed by atoms with Crippen molar-refractivity contribution in [2.45, 2.75) is 12.5 Å². The number of aromatic nitrogens is 3. The van der Waals surface area contributed by atoms with Crippen LogP contribution in [0.5, 0.6) is 0 Å². The van der Waals surface area contributed by atoms with Crippen LogP contribution in [0.2, 0.25) is 0 Å². The largest absolute Gasteiger partial charge is 0.370 e. The molecule has 2 aromatic heterocycles. The Hall–Kier alpha value is -3.56. The maximum absolute atomic E-state index is 4.49. The number of hydrogen-bond donors (Lipinski definition) is 2.